The van der Waals surface area contributed by atoms with Crippen molar-refractivity contribution in [2.45, 2.75) is 43.1 Å². The molecule has 1 unspecified atom stereocenters. The molecule has 1 spiro atoms. The number of nitrogens with zero attached hydrogens (tertiary/aromatic N) is 2. The topological polar surface area (TPSA) is 49.9 Å². The molecule has 0 aromatic heterocycles. The van der Waals surface area contributed by atoms with Crippen LogP contribution in [0.15, 0.2) is 54.6 Å². The SMILES string of the molecule is O=C1OC2(CCN(C(=O)C3(c4cccc(F)c4)CCCC3)C2)CN1c1ccccc1. The predicted molar refractivity (Wildman–Crippen MR) is 111 cm³/mol. The molecule has 1 saturated carbocycles. The third kappa shape index (κ3) is 3.06. The summed E-state index contributed by atoms with van der Waals surface area (Å²) in [7, 11) is 0. The van der Waals surface area contributed by atoms with Crippen molar-refractivity contribution in [1.82, 2.24) is 4.90 Å². The Bertz CT molecular complexity index is 973. The van der Waals surface area contributed by atoms with Crippen molar-refractivity contribution in [2.75, 3.05) is 24.5 Å². The van der Waals surface area contributed by atoms with Gasteiger partial charge in [-0.1, -0.05) is 43.2 Å². The molecule has 6 heteroatoms. The largest absolute Gasteiger partial charge is 0.439 e. The van der Waals surface area contributed by atoms with Gasteiger partial charge in [0.2, 0.25) is 5.91 Å². The summed E-state index contributed by atoms with van der Waals surface area (Å²) in [6, 6.07) is 15.9. The maximum atomic E-state index is 13.9. The normalized spacial score (nSPS) is 25.2. The number of carbonyl (C=O) groups excluding carboxylic acids is 2. The van der Waals surface area contributed by atoms with Gasteiger partial charge in [-0.05, 0) is 42.7 Å². The highest BCUT2D eigenvalue weighted by Crippen LogP contribution is 2.45. The monoisotopic (exact) mass is 408 g/mol. The van der Waals surface area contributed by atoms with Gasteiger partial charge in [0.15, 0.2) is 5.60 Å². The zero-order chi connectivity index (χ0) is 20.8. The molecule has 2 aromatic rings. The average molecular weight is 408 g/mol. The smallest absolute Gasteiger partial charge is 0.415 e. The molecule has 1 aliphatic carbocycles. The van der Waals surface area contributed by atoms with E-state index in [9.17, 15) is 14.0 Å². The van der Waals surface area contributed by atoms with Crippen molar-refractivity contribution in [3.05, 3.63) is 66.0 Å². The van der Waals surface area contributed by atoms with E-state index in [1.807, 2.05) is 41.3 Å². The number of amides is 2. The van der Waals surface area contributed by atoms with Crippen LogP contribution in [0.5, 0.6) is 0 Å². The first-order valence-electron chi connectivity index (χ1n) is 10.6. The molecule has 1 atom stereocenters. The number of carbonyl (C=O) groups is 2. The molecule has 5 nitrogen and oxygen atoms in total. The summed E-state index contributed by atoms with van der Waals surface area (Å²) in [5.41, 5.74) is 0.219. The van der Waals surface area contributed by atoms with E-state index < -0.39 is 11.0 Å². The number of hydrogen-bond donors (Lipinski definition) is 0. The lowest BCUT2D eigenvalue weighted by Gasteiger charge is -2.33. The van der Waals surface area contributed by atoms with Crippen LogP contribution in [-0.2, 0) is 14.9 Å². The molecule has 2 aromatic carbocycles. The van der Waals surface area contributed by atoms with Crippen LogP contribution in [0.3, 0.4) is 0 Å². The highest BCUT2D eigenvalue weighted by Gasteiger charge is 2.54. The summed E-state index contributed by atoms with van der Waals surface area (Å²) in [5, 5.41) is 0. The minimum Gasteiger partial charge on any atom is -0.439 e. The highest BCUT2D eigenvalue weighted by molar-refractivity contribution is 5.91. The molecule has 156 valence electrons. The van der Waals surface area contributed by atoms with Gasteiger partial charge in [0, 0.05) is 18.7 Å². The fourth-order valence-corrected chi connectivity index (χ4v) is 5.35. The van der Waals surface area contributed by atoms with Crippen LogP contribution in [0, 0.1) is 5.82 Å². The van der Waals surface area contributed by atoms with E-state index >= 15 is 0 Å². The van der Waals surface area contributed by atoms with Crippen LogP contribution >= 0.6 is 0 Å². The van der Waals surface area contributed by atoms with Crippen LogP contribution in [0.1, 0.15) is 37.7 Å². The lowest BCUT2D eigenvalue weighted by Crippen LogP contribution is -2.47. The molecule has 0 radical (unpaired) electrons. The lowest BCUT2D eigenvalue weighted by molar-refractivity contribution is -0.137. The van der Waals surface area contributed by atoms with Crippen molar-refractivity contribution >= 4 is 17.7 Å². The molecule has 2 heterocycles. The third-order valence-electron chi connectivity index (χ3n) is 6.89. The quantitative estimate of drug-likeness (QED) is 0.762. The van der Waals surface area contributed by atoms with Crippen LogP contribution in [-0.4, -0.2) is 42.1 Å². The molecule has 3 aliphatic rings. The van der Waals surface area contributed by atoms with E-state index in [0.29, 0.717) is 26.1 Å². The molecule has 2 amide bonds. The lowest BCUT2D eigenvalue weighted by atomic mass is 9.77. The van der Waals surface area contributed by atoms with Crippen LogP contribution in [0.25, 0.3) is 0 Å². The van der Waals surface area contributed by atoms with E-state index in [1.54, 1.807) is 11.0 Å². The number of benzene rings is 2. The van der Waals surface area contributed by atoms with Crippen LogP contribution in [0.4, 0.5) is 14.9 Å². The van der Waals surface area contributed by atoms with E-state index in [0.717, 1.165) is 36.9 Å². The van der Waals surface area contributed by atoms with Gasteiger partial charge in [-0.2, -0.15) is 0 Å². The molecule has 5 rings (SSSR count). The van der Waals surface area contributed by atoms with E-state index in [-0.39, 0.29) is 17.8 Å². The standard InChI is InChI=1S/C24H25FN2O3/c25-19-8-6-7-18(15-19)24(11-4-5-12-24)21(28)26-14-13-23(16-26)17-27(22(29)30-23)20-9-2-1-3-10-20/h1-3,6-10,15H,4-5,11-14,16-17H2. The molecular weight excluding hydrogens is 383 g/mol. The first-order chi connectivity index (χ1) is 14.5. The number of anilines is 1. The average Bonchev–Trinajstić information content (AvgIpc) is 3.48. The summed E-state index contributed by atoms with van der Waals surface area (Å²) >= 11 is 0. The Labute approximate surface area is 175 Å². The first kappa shape index (κ1) is 19.1. The van der Waals surface area contributed by atoms with Crippen molar-refractivity contribution in [2.24, 2.45) is 0 Å². The number of likely N-dealkylation sites (tertiary alicyclic amines) is 1. The predicted octanol–water partition coefficient (Wildman–Crippen LogP) is 4.27. The Morgan fingerprint density at radius 1 is 0.967 bits per heavy atom. The fraction of sp³-hybridized carbons (Fsp3) is 0.417. The third-order valence-corrected chi connectivity index (χ3v) is 6.89. The number of hydrogen-bond acceptors (Lipinski definition) is 3. The molecular formula is C24H25FN2O3. The van der Waals surface area contributed by atoms with E-state index in [4.69, 9.17) is 4.74 Å². The summed E-state index contributed by atoms with van der Waals surface area (Å²) in [5.74, 6) is -0.274. The van der Waals surface area contributed by atoms with Gasteiger partial charge in [0.1, 0.15) is 5.82 Å². The van der Waals surface area contributed by atoms with Gasteiger partial charge in [0.05, 0.1) is 18.5 Å². The zero-order valence-electron chi connectivity index (χ0n) is 16.9. The number of rotatable bonds is 3. The fourth-order valence-electron chi connectivity index (χ4n) is 5.35. The zero-order valence-corrected chi connectivity index (χ0v) is 16.9. The van der Waals surface area contributed by atoms with Crippen LogP contribution < -0.4 is 4.90 Å². The van der Waals surface area contributed by atoms with E-state index in [1.165, 1.54) is 12.1 Å². The summed E-state index contributed by atoms with van der Waals surface area (Å²) in [6.07, 6.45) is 3.63. The van der Waals surface area contributed by atoms with Crippen molar-refractivity contribution in [3.63, 3.8) is 0 Å². The summed E-state index contributed by atoms with van der Waals surface area (Å²) < 4.78 is 19.7. The Morgan fingerprint density at radius 3 is 2.47 bits per heavy atom. The second kappa shape index (κ2) is 7.11. The van der Waals surface area contributed by atoms with Crippen LogP contribution in [0.2, 0.25) is 0 Å². The van der Waals surface area contributed by atoms with Gasteiger partial charge in [-0.15, -0.1) is 0 Å². The van der Waals surface area contributed by atoms with Gasteiger partial charge >= 0.3 is 6.09 Å². The van der Waals surface area contributed by atoms with Crippen molar-refractivity contribution in [3.8, 4) is 0 Å². The molecule has 30 heavy (non-hydrogen) atoms. The summed E-state index contributed by atoms with van der Waals surface area (Å²) in [4.78, 5) is 29.7. The van der Waals surface area contributed by atoms with Crippen molar-refractivity contribution < 1.29 is 18.7 Å². The highest BCUT2D eigenvalue weighted by atomic mass is 19.1. The number of para-hydroxylation sites is 1. The Kier molecular flexibility index (Phi) is 4.53. The Morgan fingerprint density at radius 2 is 1.73 bits per heavy atom. The Hall–Kier alpha value is -2.89. The Balaban J connectivity index is 1.38. The minimum absolute atomic E-state index is 0.0386. The molecule has 2 aliphatic heterocycles. The molecule has 3 fully saturated rings. The maximum Gasteiger partial charge on any atom is 0.415 e. The summed E-state index contributed by atoms with van der Waals surface area (Å²) in [6.45, 7) is 1.37. The molecule has 0 N–H and O–H groups in total. The molecule has 0 bridgehead atoms. The van der Waals surface area contributed by atoms with Gasteiger partial charge in [-0.3, -0.25) is 9.69 Å². The minimum atomic E-state index is -0.676. The molecule has 2 saturated heterocycles. The van der Waals surface area contributed by atoms with Gasteiger partial charge in [-0.25, -0.2) is 9.18 Å². The second-order valence-corrected chi connectivity index (χ2v) is 8.75. The van der Waals surface area contributed by atoms with Gasteiger partial charge < -0.3 is 9.64 Å². The van der Waals surface area contributed by atoms with E-state index in [2.05, 4.69) is 0 Å². The first-order valence-corrected chi connectivity index (χ1v) is 10.6. The maximum absolute atomic E-state index is 13.9. The second-order valence-electron chi connectivity index (χ2n) is 8.75. The number of halogens is 1. The number of ether oxygens (including phenoxy) is 1. The van der Waals surface area contributed by atoms with Crippen molar-refractivity contribution in [1.29, 1.82) is 0 Å². The van der Waals surface area contributed by atoms with Gasteiger partial charge in [0.25, 0.3) is 0 Å².